The molecule has 4 rings (SSSR count). The van der Waals surface area contributed by atoms with Gasteiger partial charge in [0.1, 0.15) is 5.75 Å². The lowest BCUT2D eigenvalue weighted by Crippen LogP contribution is -2.19. The monoisotopic (exact) mass is 544 g/mol. The minimum atomic E-state index is -1.06. The zero-order valence-corrected chi connectivity index (χ0v) is 21.1. The Morgan fingerprint density at radius 2 is 2.06 bits per heavy atom. The summed E-state index contributed by atoms with van der Waals surface area (Å²) < 4.78 is 12.7. The number of hydrogen-bond donors (Lipinski definition) is 2. The van der Waals surface area contributed by atoms with Crippen molar-refractivity contribution in [1.82, 2.24) is 15.2 Å². The van der Waals surface area contributed by atoms with Gasteiger partial charge in [-0.2, -0.15) is 4.98 Å². The molecule has 0 radical (unpaired) electrons. The Kier molecular flexibility index (Phi) is 8.23. The van der Waals surface area contributed by atoms with E-state index in [2.05, 4.69) is 43.4 Å². The maximum atomic E-state index is 11.1. The Balaban J connectivity index is 1.67. The fourth-order valence-corrected chi connectivity index (χ4v) is 4.69. The number of anilines is 1. The second-order valence-electron chi connectivity index (χ2n) is 7.71. The highest BCUT2D eigenvalue weighted by Gasteiger charge is 2.28. The van der Waals surface area contributed by atoms with Gasteiger partial charge in [-0.05, 0) is 30.7 Å². The maximum Gasteiger partial charge on any atom is 0.341 e. The van der Waals surface area contributed by atoms with Crippen LogP contribution in [0.5, 0.6) is 11.6 Å². The number of aliphatic carboxylic acids is 1. The molecule has 34 heavy (non-hydrogen) atoms. The molecule has 0 saturated carbocycles. The number of thioether (sulfide) groups is 1. The number of fused-ring (bicyclic) bond motifs is 3. The number of halogens is 1. The number of carboxylic acid groups (broad SMARTS) is 1. The maximum absolute atomic E-state index is 11.1. The van der Waals surface area contributed by atoms with Gasteiger partial charge in [0.2, 0.25) is 17.3 Å². The van der Waals surface area contributed by atoms with Crippen LogP contribution >= 0.6 is 27.7 Å². The molecule has 0 aliphatic carbocycles. The highest BCUT2D eigenvalue weighted by Crippen LogP contribution is 2.41. The molecule has 2 aromatic carbocycles. The fraction of sp³-hybridized carbons (Fsp3) is 0.333. The van der Waals surface area contributed by atoms with Gasteiger partial charge in [0.25, 0.3) is 0 Å². The Morgan fingerprint density at radius 1 is 1.21 bits per heavy atom. The smallest absolute Gasteiger partial charge is 0.341 e. The van der Waals surface area contributed by atoms with Crippen LogP contribution in [-0.2, 0) is 4.79 Å². The van der Waals surface area contributed by atoms with E-state index < -0.39 is 18.8 Å². The largest absolute Gasteiger partial charge is 0.481 e. The quantitative estimate of drug-likeness (QED) is 0.236. The van der Waals surface area contributed by atoms with E-state index >= 15 is 0 Å². The van der Waals surface area contributed by atoms with E-state index in [-0.39, 0.29) is 0 Å². The van der Waals surface area contributed by atoms with Crippen LogP contribution in [0.15, 0.2) is 52.1 Å². The lowest BCUT2D eigenvalue weighted by Gasteiger charge is -2.22. The Morgan fingerprint density at radius 3 is 2.88 bits per heavy atom. The molecular formula is C24H25BrN4O4S. The Bertz CT molecular complexity index is 1160. The number of aromatic nitrogens is 3. The SMILES string of the molecule is CCCCCCSc1nnc2c(n1)O[C@H](c1cc(Br)ccc1OCC(=O)O)Nc1ccccc1-2. The molecule has 0 saturated heterocycles. The lowest BCUT2D eigenvalue weighted by molar-refractivity contribution is -0.139. The van der Waals surface area contributed by atoms with Gasteiger partial charge in [0.15, 0.2) is 12.3 Å². The minimum Gasteiger partial charge on any atom is -0.481 e. The molecule has 10 heteroatoms. The molecule has 3 aromatic rings. The highest BCUT2D eigenvalue weighted by molar-refractivity contribution is 9.10. The summed E-state index contributed by atoms with van der Waals surface area (Å²) >= 11 is 5.05. The second kappa shape index (κ2) is 11.5. The molecule has 2 heterocycles. The number of nitrogens with zero attached hydrogens (tertiary/aromatic N) is 3. The molecule has 0 amide bonds. The third kappa shape index (κ3) is 5.98. The van der Waals surface area contributed by atoms with Crippen molar-refractivity contribution in [2.45, 2.75) is 44.0 Å². The van der Waals surface area contributed by atoms with Crippen molar-refractivity contribution in [1.29, 1.82) is 0 Å². The first-order valence-corrected chi connectivity index (χ1v) is 12.9. The first-order chi connectivity index (χ1) is 16.5. The van der Waals surface area contributed by atoms with Crippen LogP contribution in [0.2, 0.25) is 0 Å². The Hall–Kier alpha value is -2.85. The number of carboxylic acids is 1. The molecule has 0 spiro atoms. The predicted octanol–water partition coefficient (Wildman–Crippen LogP) is 5.94. The number of rotatable bonds is 10. The molecule has 1 aromatic heterocycles. The standard InChI is InChI=1S/C24H25BrN4O4S/c1-2-3-4-7-12-34-24-27-23-21(28-29-24)16-8-5-6-9-18(16)26-22(33-23)17-13-15(25)10-11-19(17)32-14-20(30)31/h5-6,8-11,13,22,26H,2-4,7,12,14H2,1H3,(H,30,31)/t22-/m1/s1. The average molecular weight is 545 g/mol. The van der Waals surface area contributed by atoms with E-state index in [9.17, 15) is 4.79 Å². The van der Waals surface area contributed by atoms with Crippen molar-refractivity contribution in [2.24, 2.45) is 0 Å². The molecule has 1 aliphatic heterocycles. The van der Waals surface area contributed by atoms with Crippen molar-refractivity contribution in [2.75, 3.05) is 17.7 Å². The number of para-hydroxylation sites is 1. The summed E-state index contributed by atoms with van der Waals surface area (Å²) in [5.74, 6) is 0.614. The van der Waals surface area contributed by atoms with Gasteiger partial charge in [-0.25, -0.2) is 4.79 Å². The average Bonchev–Trinajstić information content (AvgIpc) is 2.99. The molecule has 8 nitrogen and oxygen atoms in total. The first-order valence-electron chi connectivity index (χ1n) is 11.1. The first kappa shape index (κ1) is 24.3. The van der Waals surface area contributed by atoms with E-state index in [1.807, 2.05) is 30.3 Å². The topological polar surface area (TPSA) is 106 Å². The van der Waals surface area contributed by atoms with E-state index in [0.717, 1.165) is 27.9 Å². The molecule has 0 bridgehead atoms. The zero-order valence-electron chi connectivity index (χ0n) is 18.7. The van der Waals surface area contributed by atoms with Gasteiger partial charge in [-0.15, -0.1) is 10.2 Å². The van der Waals surface area contributed by atoms with E-state index in [4.69, 9.17) is 14.6 Å². The molecule has 0 unspecified atom stereocenters. The van der Waals surface area contributed by atoms with E-state index in [0.29, 0.717) is 28.0 Å². The van der Waals surface area contributed by atoms with Crippen LogP contribution in [0.4, 0.5) is 5.69 Å². The van der Waals surface area contributed by atoms with Gasteiger partial charge in [-0.1, -0.05) is 72.1 Å². The van der Waals surface area contributed by atoms with E-state index in [1.165, 1.54) is 19.3 Å². The van der Waals surface area contributed by atoms with Crippen LogP contribution in [0.1, 0.15) is 44.4 Å². The van der Waals surface area contributed by atoms with Crippen LogP contribution in [-0.4, -0.2) is 38.6 Å². The molecule has 1 atom stereocenters. The molecule has 178 valence electrons. The molecule has 1 aliphatic rings. The van der Waals surface area contributed by atoms with Gasteiger partial charge in [0.05, 0.1) is 5.56 Å². The van der Waals surface area contributed by atoms with E-state index in [1.54, 1.807) is 23.9 Å². The van der Waals surface area contributed by atoms with Crippen molar-refractivity contribution in [3.05, 3.63) is 52.5 Å². The van der Waals surface area contributed by atoms with Gasteiger partial charge < -0.3 is 19.9 Å². The summed E-state index contributed by atoms with van der Waals surface area (Å²) in [5, 5.41) is 21.8. The number of hydrogen-bond acceptors (Lipinski definition) is 8. The van der Waals surface area contributed by atoms with Gasteiger partial charge in [-0.3, -0.25) is 0 Å². The number of benzene rings is 2. The Labute approximate surface area is 210 Å². The number of ether oxygens (including phenoxy) is 2. The molecule has 0 fully saturated rings. The van der Waals surface area contributed by atoms with Crippen LogP contribution in [0.3, 0.4) is 0 Å². The molecule has 2 N–H and O–H groups in total. The molecular weight excluding hydrogens is 520 g/mol. The van der Waals surface area contributed by atoms with Crippen LogP contribution in [0.25, 0.3) is 11.3 Å². The van der Waals surface area contributed by atoms with Crippen LogP contribution in [0, 0.1) is 0 Å². The fourth-order valence-electron chi connectivity index (χ4n) is 3.54. The zero-order chi connectivity index (χ0) is 23.9. The van der Waals surface area contributed by atoms with Crippen molar-refractivity contribution in [3.8, 4) is 22.9 Å². The van der Waals surface area contributed by atoms with Crippen molar-refractivity contribution < 1.29 is 19.4 Å². The third-order valence-corrected chi connectivity index (χ3v) is 6.59. The van der Waals surface area contributed by atoms with Gasteiger partial charge in [0, 0.05) is 21.5 Å². The highest BCUT2D eigenvalue weighted by atomic mass is 79.9. The summed E-state index contributed by atoms with van der Waals surface area (Å²) in [5.41, 5.74) is 2.79. The summed E-state index contributed by atoms with van der Waals surface area (Å²) in [6.45, 7) is 1.73. The minimum absolute atomic E-state index is 0.359. The summed E-state index contributed by atoms with van der Waals surface area (Å²) in [4.78, 5) is 15.8. The predicted molar refractivity (Wildman–Crippen MR) is 134 cm³/mol. The normalized spacial score (nSPS) is 14.2. The summed E-state index contributed by atoms with van der Waals surface area (Å²) in [7, 11) is 0. The number of unbranched alkanes of at least 4 members (excludes halogenated alkanes) is 3. The lowest BCUT2D eigenvalue weighted by atomic mass is 10.1. The van der Waals surface area contributed by atoms with Crippen molar-refractivity contribution in [3.63, 3.8) is 0 Å². The van der Waals surface area contributed by atoms with Crippen LogP contribution < -0.4 is 14.8 Å². The summed E-state index contributed by atoms with van der Waals surface area (Å²) in [6, 6.07) is 13.0. The van der Waals surface area contributed by atoms with Gasteiger partial charge >= 0.3 is 5.97 Å². The number of nitrogens with one attached hydrogen (secondary N) is 1. The third-order valence-electron chi connectivity index (χ3n) is 5.17. The van der Waals surface area contributed by atoms with Crippen molar-refractivity contribution >= 4 is 39.3 Å². The summed E-state index contributed by atoms with van der Waals surface area (Å²) in [6.07, 6.45) is 3.99. The number of carbonyl (C=O) groups is 1. The second-order valence-corrected chi connectivity index (χ2v) is 9.69.